The zero-order valence-corrected chi connectivity index (χ0v) is 15.9. The molecule has 1 N–H and O–H groups in total. The number of rotatable bonds is 6. The smallest absolute Gasteiger partial charge is 0.236 e. The first-order chi connectivity index (χ1) is 12.6. The number of ether oxygens (including phenoxy) is 1. The number of halogens is 1. The van der Waals surface area contributed by atoms with Crippen LogP contribution in [0.3, 0.4) is 0 Å². The summed E-state index contributed by atoms with van der Waals surface area (Å²) >= 11 is 2.50. The highest BCUT2D eigenvalue weighted by Gasteiger charge is 2.13. The molecule has 134 valence electrons. The van der Waals surface area contributed by atoms with Gasteiger partial charge in [0.2, 0.25) is 5.91 Å². The highest BCUT2D eigenvalue weighted by Crippen LogP contribution is 2.33. The molecule has 0 spiro atoms. The summed E-state index contributed by atoms with van der Waals surface area (Å²) in [6.07, 6.45) is 0. The van der Waals surface area contributed by atoms with Crippen molar-refractivity contribution in [3.05, 3.63) is 59.2 Å². The van der Waals surface area contributed by atoms with Crippen LogP contribution >= 0.6 is 23.1 Å². The predicted octanol–water partition coefficient (Wildman–Crippen LogP) is 5.00. The third kappa shape index (κ3) is 4.42. The number of carbonyl (C=O) groups excluding carboxylic acids is 1. The van der Waals surface area contributed by atoms with E-state index in [0.29, 0.717) is 10.0 Å². The molecule has 1 amide bonds. The van der Waals surface area contributed by atoms with Gasteiger partial charge in [0.25, 0.3) is 0 Å². The van der Waals surface area contributed by atoms with Gasteiger partial charge in [0, 0.05) is 15.8 Å². The number of methoxy groups -OCH3 is 1. The van der Waals surface area contributed by atoms with Gasteiger partial charge in [0.15, 0.2) is 5.13 Å². The largest absolute Gasteiger partial charge is 0.496 e. The maximum Gasteiger partial charge on any atom is 0.236 e. The van der Waals surface area contributed by atoms with Crippen LogP contribution < -0.4 is 10.1 Å². The zero-order valence-electron chi connectivity index (χ0n) is 14.3. The number of benzene rings is 2. The second-order valence-electron chi connectivity index (χ2n) is 5.51. The fraction of sp³-hybridized carbons (Fsp3) is 0.158. The molecule has 0 radical (unpaired) electrons. The first-order valence-corrected chi connectivity index (χ1v) is 9.71. The summed E-state index contributed by atoms with van der Waals surface area (Å²) in [5, 5.41) is 5.13. The van der Waals surface area contributed by atoms with Crippen LogP contribution in [-0.4, -0.2) is 23.8 Å². The van der Waals surface area contributed by atoms with Gasteiger partial charge in [-0.1, -0.05) is 23.8 Å². The molecule has 0 fully saturated rings. The minimum Gasteiger partial charge on any atom is -0.496 e. The van der Waals surface area contributed by atoms with Crippen LogP contribution in [0, 0.1) is 12.7 Å². The minimum absolute atomic E-state index is 0.115. The molecule has 0 atom stereocenters. The van der Waals surface area contributed by atoms with Gasteiger partial charge in [0.1, 0.15) is 11.6 Å². The lowest BCUT2D eigenvalue weighted by molar-refractivity contribution is -0.113. The number of thioether (sulfide) groups is 1. The number of nitrogens with zero attached hydrogens (tertiary/aromatic N) is 1. The summed E-state index contributed by atoms with van der Waals surface area (Å²) in [4.78, 5) is 17.0. The normalized spacial score (nSPS) is 10.6. The molecule has 1 heterocycles. The Hall–Kier alpha value is -2.38. The third-order valence-corrected chi connectivity index (χ3v) is 5.38. The van der Waals surface area contributed by atoms with E-state index < -0.39 is 0 Å². The van der Waals surface area contributed by atoms with Crippen molar-refractivity contribution in [1.82, 2.24) is 4.98 Å². The molecule has 0 bridgehead atoms. The van der Waals surface area contributed by atoms with Gasteiger partial charge in [-0.05, 0) is 31.2 Å². The zero-order chi connectivity index (χ0) is 18.5. The Bertz CT molecular complexity index is 927. The summed E-state index contributed by atoms with van der Waals surface area (Å²) < 4.78 is 19.0. The van der Waals surface area contributed by atoms with Gasteiger partial charge in [-0.25, -0.2) is 9.37 Å². The lowest BCUT2D eigenvalue weighted by Gasteiger charge is -2.07. The van der Waals surface area contributed by atoms with Crippen LogP contribution in [-0.2, 0) is 4.79 Å². The second-order valence-corrected chi connectivity index (χ2v) is 7.38. The van der Waals surface area contributed by atoms with Crippen LogP contribution in [0.2, 0.25) is 0 Å². The minimum atomic E-state index is -0.326. The third-order valence-electron chi connectivity index (χ3n) is 3.58. The maximum absolute atomic E-state index is 13.6. The Morgan fingerprint density at radius 2 is 2.12 bits per heavy atom. The van der Waals surface area contributed by atoms with Crippen LogP contribution in [0.5, 0.6) is 5.75 Å². The number of hydrogen-bond acceptors (Lipinski definition) is 5. The maximum atomic E-state index is 13.6. The van der Waals surface area contributed by atoms with E-state index in [9.17, 15) is 9.18 Å². The highest BCUT2D eigenvalue weighted by atomic mass is 32.2. The molecule has 0 saturated heterocycles. The van der Waals surface area contributed by atoms with Gasteiger partial charge in [-0.2, -0.15) is 0 Å². The Kier molecular flexibility index (Phi) is 5.90. The number of anilines is 1. The van der Waals surface area contributed by atoms with E-state index in [1.807, 2.05) is 30.5 Å². The van der Waals surface area contributed by atoms with Crippen molar-refractivity contribution >= 4 is 34.1 Å². The van der Waals surface area contributed by atoms with E-state index in [1.165, 1.54) is 17.4 Å². The van der Waals surface area contributed by atoms with Crippen molar-refractivity contribution in [3.63, 3.8) is 0 Å². The second kappa shape index (κ2) is 8.33. The summed E-state index contributed by atoms with van der Waals surface area (Å²) in [6.45, 7) is 2.00. The molecule has 7 heteroatoms. The van der Waals surface area contributed by atoms with Crippen molar-refractivity contribution in [2.75, 3.05) is 18.2 Å². The monoisotopic (exact) mass is 388 g/mol. The summed E-state index contributed by atoms with van der Waals surface area (Å²) in [5.74, 6) is 0.293. The molecular weight excluding hydrogens is 371 g/mol. The van der Waals surface area contributed by atoms with E-state index in [4.69, 9.17) is 4.74 Å². The van der Waals surface area contributed by atoms with E-state index in [1.54, 1.807) is 25.3 Å². The average molecular weight is 388 g/mol. The molecule has 1 aromatic heterocycles. The number of aryl methyl sites for hydroxylation is 1. The van der Waals surface area contributed by atoms with E-state index in [2.05, 4.69) is 10.3 Å². The molecule has 26 heavy (non-hydrogen) atoms. The van der Waals surface area contributed by atoms with Gasteiger partial charge in [0.05, 0.1) is 18.6 Å². The van der Waals surface area contributed by atoms with E-state index >= 15 is 0 Å². The molecule has 4 nitrogen and oxygen atoms in total. The molecule has 2 aromatic carbocycles. The molecule has 0 aliphatic heterocycles. The number of aromatic nitrogens is 1. The topological polar surface area (TPSA) is 51.2 Å². The fourth-order valence-electron chi connectivity index (χ4n) is 2.34. The van der Waals surface area contributed by atoms with Crippen molar-refractivity contribution < 1.29 is 13.9 Å². The number of hydrogen-bond donors (Lipinski definition) is 1. The van der Waals surface area contributed by atoms with E-state index in [-0.39, 0.29) is 17.5 Å². The number of amides is 1. The Morgan fingerprint density at radius 1 is 1.31 bits per heavy atom. The molecule has 3 aromatic rings. The predicted molar refractivity (Wildman–Crippen MR) is 105 cm³/mol. The number of nitrogens with one attached hydrogen (secondary N) is 1. The molecule has 0 saturated carbocycles. The molecule has 0 aliphatic carbocycles. The van der Waals surface area contributed by atoms with Gasteiger partial charge in [-0.15, -0.1) is 23.1 Å². The van der Waals surface area contributed by atoms with Gasteiger partial charge < -0.3 is 10.1 Å². The standard InChI is InChI=1S/C19H17FN2O2S2/c1-12-7-8-16(24-2)13(9-12)15-10-26-19(21-15)22-18(23)11-25-17-6-4-3-5-14(17)20/h3-10H,11H2,1-2H3,(H,21,22,23). The fourth-order valence-corrected chi connectivity index (χ4v) is 3.80. The first-order valence-electron chi connectivity index (χ1n) is 7.84. The van der Waals surface area contributed by atoms with E-state index in [0.717, 1.165) is 34.3 Å². The highest BCUT2D eigenvalue weighted by molar-refractivity contribution is 8.00. The number of carbonyl (C=O) groups is 1. The van der Waals surface area contributed by atoms with Gasteiger partial charge >= 0.3 is 0 Å². The molecule has 0 unspecified atom stereocenters. The Morgan fingerprint density at radius 3 is 2.88 bits per heavy atom. The molecule has 0 aliphatic rings. The summed E-state index contributed by atoms with van der Waals surface area (Å²) in [5.41, 5.74) is 2.72. The van der Waals surface area contributed by atoms with Crippen molar-refractivity contribution in [2.45, 2.75) is 11.8 Å². The molecule has 3 rings (SSSR count). The lowest BCUT2D eigenvalue weighted by Crippen LogP contribution is -2.13. The molecular formula is C19H17FN2O2S2. The summed E-state index contributed by atoms with van der Waals surface area (Å²) in [6, 6.07) is 12.3. The van der Waals surface area contributed by atoms with Crippen LogP contribution in [0.15, 0.2) is 52.7 Å². The number of thiazole rings is 1. The quantitative estimate of drug-likeness (QED) is 0.604. The Labute approximate surface area is 159 Å². The van der Waals surface area contributed by atoms with Crippen LogP contribution in [0.25, 0.3) is 11.3 Å². The average Bonchev–Trinajstić information content (AvgIpc) is 3.09. The first kappa shape index (κ1) is 18.4. The lowest BCUT2D eigenvalue weighted by atomic mass is 10.1. The van der Waals surface area contributed by atoms with Gasteiger partial charge in [-0.3, -0.25) is 4.79 Å². The van der Waals surface area contributed by atoms with Crippen molar-refractivity contribution in [2.24, 2.45) is 0 Å². The Balaban J connectivity index is 1.66. The SMILES string of the molecule is COc1ccc(C)cc1-c1csc(NC(=O)CSc2ccccc2F)n1. The van der Waals surface area contributed by atoms with Crippen molar-refractivity contribution in [3.8, 4) is 17.0 Å². The summed E-state index contributed by atoms with van der Waals surface area (Å²) in [7, 11) is 1.61. The van der Waals surface area contributed by atoms with Crippen LogP contribution in [0.1, 0.15) is 5.56 Å². The van der Waals surface area contributed by atoms with Crippen LogP contribution in [0.4, 0.5) is 9.52 Å². The van der Waals surface area contributed by atoms with Crippen molar-refractivity contribution in [1.29, 1.82) is 0 Å².